The van der Waals surface area contributed by atoms with Crippen LogP contribution in [0.2, 0.25) is 0 Å². The second kappa shape index (κ2) is 4.64. The van der Waals surface area contributed by atoms with E-state index >= 15 is 0 Å². The third-order valence-electron chi connectivity index (χ3n) is 3.20. The van der Waals surface area contributed by atoms with E-state index < -0.39 is 0 Å². The molecule has 1 N–H and O–H groups in total. The Labute approximate surface area is 81.8 Å². The van der Waals surface area contributed by atoms with E-state index in [1.165, 1.54) is 12.8 Å². The Balaban J connectivity index is 2.34. The smallest absolute Gasteiger partial charge is 0.0954 e. The Morgan fingerprint density at radius 2 is 1.92 bits per heavy atom. The highest BCUT2D eigenvalue weighted by molar-refractivity contribution is 5.78. The van der Waals surface area contributed by atoms with Crippen molar-refractivity contribution in [3.05, 3.63) is 0 Å². The van der Waals surface area contributed by atoms with Crippen LogP contribution in [0.5, 0.6) is 0 Å². The van der Waals surface area contributed by atoms with Gasteiger partial charge < -0.3 is 4.90 Å². The van der Waals surface area contributed by atoms with Gasteiger partial charge in [0.1, 0.15) is 0 Å². The summed E-state index contributed by atoms with van der Waals surface area (Å²) < 4.78 is 0. The van der Waals surface area contributed by atoms with Gasteiger partial charge in [-0.15, -0.1) is 0 Å². The number of nitrogens with zero attached hydrogens (tertiary/aromatic N) is 1. The van der Waals surface area contributed by atoms with E-state index in [-0.39, 0.29) is 0 Å². The van der Waals surface area contributed by atoms with Gasteiger partial charge in [0.2, 0.25) is 0 Å². The summed E-state index contributed by atoms with van der Waals surface area (Å²) in [7, 11) is 0. The third-order valence-corrected chi connectivity index (χ3v) is 3.20. The van der Waals surface area contributed by atoms with Gasteiger partial charge in [-0.1, -0.05) is 20.8 Å². The molecule has 1 fully saturated rings. The molecule has 0 saturated carbocycles. The minimum absolute atomic E-state index is 0.818. The molecular weight excluding hydrogens is 160 g/mol. The number of piperidine rings is 1. The number of hydrogen-bond donors (Lipinski definition) is 1. The summed E-state index contributed by atoms with van der Waals surface area (Å²) >= 11 is 0. The third kappa shape index (κ3) is 2.71. The molecule has 1 rings (SSSR count). The van der Waals surface area contributed by atoms with Crippen LogP contribution in [-0.2, 0) is 0 Å². The van der Waals surface area contributed by atoms with Crippen LogP contribution in [0.25, 0.3) is 0 Å². The molecule has 0 aromatic heterocycles. The number of nitrogens with one attached hydrogen (secondary N) is 1. The molecule has 2 heteroatoms. The largest absolute Gasteiger partial charge is 0.361 e. The number of rotatable bonds is 2. The molecule has 0 aliphatic carbocycles. The number of hydrogen-bond acceptors (Lipinski definition) is 1. The number of likely N-dealkylation sites (tertiary alicyclic amines) is 1. The highest BCUT2D eigenvalue weighted by Gasteiger charge is 2.21. The number of amidine groups is 1. The van der Waals surface area contributed by atoms with Crippen molar-refractivity contribution in [3.8, 4) is 0 Å². The normalized spacial score (nSPS) is 19.5. The summed E-state index contributed by atoms with van der Waals surface area (Å²) in [5.41, 5.74) is 0. The Bertz CT molecular complexity index is 167. The standard InChI is InChI=1S/C11H22N2/c1-4-11(12)13-7-5-10(6-8-13)9(2)3/h9-10,12H,4-8H2,1-3H3. The Morgan fingerprint density at radius 3 is 2.31 bits per heavy atom. The van der Waals surface area contributed by atoms with E-state index in [0.717, 1.165) is 37.2 Å². The molecule has 0 aromatic rings. The summed E-state index contributed by atoms with van der Waals surface area (Å²) in [5, 5.41) is 7.73. The molecule has 0 atom stereocenters. The minimum Gasteiger partial charge on any atom is -0.361 e. The van der Waals surface area contributed by atoms with Crippen LogP contribution < -0.4 is 0 Å². The summed E-state index contributed by atoms with van der Waals surface area (Å²) in [6.45, 7) is 8.90. The van der Waals surface area contributed by atoms with Crippen LogP contribution in [0.1, 0.15) is 40.0 Å². The van der Waals surface area contributed by atoms with E-state index in [2.05, 4.69) is 25.7 Å². The van der Waals surface area contributed by atoms with Crippen molar-refractivity contribution in [3.63, 3.8) is 0 Å². The first-order valence-electron chi connectivity index (χ1n) is 5.47. The maximum absolute atomic E-state index is 7.73. The Hall–Kier alpha value is -0.530. The molecule has 0 bridgehead atoms. The first-order chi connectivity index (χ1) is 6.15. The second-order valence-corrected chi connectivity index (χ2v) is 4.37. The molecule has 13 heavy (non-hydrogen) atoms. The molecule has 76 valence electrons. The van der Waals surface area contributed by atoms with Crippen molar-refractivity contribution in [2.75, 3.05) is 13.1 Å². The lowest BCUT2D eigenvalue weighted by Gasteiger charge is -2.35. The molecule has 1 aliphatic heterocycles. The van der Waals surface area contributed by atoms with Crippen LogP contribution in [0.3, 0.4) is 0 Å². The molecular formula is C11H22N2. The van der Waals surface area contributed by atoms with Crippen LogP contribution in [0.15, 0.2) is 0 Å². The second-order valence-electron chi connectivity index (χ2n) is 4.37. The average Bonchev–Trinajstić information content (AvgIpc) is 2.17. The minimum atomic E-state index is 0.818. The fourth-order valence-corrected chi connectivity index (χ4v) is 2.06. The molecule has 2 nitrogen and oxygen atoms in total. The molecule has 0 unspecified atom stereocenters. The lowest BCUT2D eigenvalue weighted by molar-refractivity contribution is 0.217. The van der Waals surface area contributed by atoms with Crippen LogP contribution in [0, 0.1) is 17.2 Å². The molecule has 0 amide bonds. The van der Waals surface area contributed by atoms with Crippen LogP contribution in [0.4, 0.5) is 0 Å². The van der Waals surface area contributed by atoms with Gasteiger partial charge in [-0.05, 0) is 24.7 Å². The molecule has 1 heterocycles. The average molecular weight is 182 g/mol. The van der Waals surface area contributed by atoms with Crippen molar-refractivity contribution >= 4 is 5.84 Å². The zero-order valence-corrected chi connectivity index (χ0v) is 9.14. The van der Waals surface area contributed by atoms with Gasteiger partial charge in [0, 0.05) is 19.5 Å². The van der Waals surface area contributed by atoms with Gasteiger partial charge in [-0.2, -0.15) is 0 Å². The van der Waals surface area contributed by atoms with E-state index in [1.807, 2.05) is 0 Å². The predicted octanol–water partition coefficient (Wildman–Crippen LogP) is 2.74. The fourth-order valence-electron chi connectivity index (χ4n) is 2.06. The fraction of sp³-hybridized carbons (Fsp3) is 0.909. The molecule has 0 aromatic carbocycles. The monoisotopic (exact) mass is 182 g/mol. The van der Waals surface area contributed by atoms with Gasteiger partial charge in [-0.3, -0.25) is 5.41 Å². The van der Waals surface area contributed by atoms with Gasteiger partial charge in [0.05, 0.1) is 5.84 Å². The van der Waals surface area contributed by atoms with E-state index in [1.54, 1.807) is 0 Å². The van der Waals surface area contributed by atoms with Crippen LogP contribution in [-0.4, -0.2) is 23.8 Å². The lowest BCUT2D eigenvalue weighted by atomic mass is 9.86. The zero-order chi connectivity index (χ0) is 9.84. The predicted molar refractivity (Wildman–Crippen MR) is 57.2 cm³/mol. The maximum Gasteiger partial charge on any atom is 0.0954 e. The molecule has 0 spiro atoms. The van der Waals surface area contributed by atoms with Crippen molar-refractivity contribution < 1.29 is 0 Å². The highest BCUT2D eigenvalue weighted by atomic mass is 15.2. The summed E-state index contributed by atoms with van der Waals surface area (Å²) in [6, 6.07) is 0. The van der Waals surface area contributed by atoms with Gasteiger partial charge >= 0.3 is 0 Å². The van der Waals surface area contributed by atoms with Crippen molar-refractivity contribution in [2.24, 2.45) is 11.8 Å². The summed E-state index contributed by atoms with van der Waals surface area (Å²) in [5.74, 6) is 2.53. The summed E-state index contributed by atoms with van der Waals surface area (Å²) in [4.78, 5) is 2.24. The highest BCUT2D eigenvalue weighted by Crippen LogP contribution is 2.24. The Kier molecular flexibility index (Phi) is 3.76. The van der Waals surface area contributed by atoms with Gasteiger partial charge in [0.15, 0.2) is 0 Å². The van der Waals surface area contributed by atoms with E-state index in [0.29, 0.717) is 0 Å². The van der Waals surface area contributed by atoms with Crippen molar-refractivity contribution in [1.82, 2.24) is 4.90 Å². The quantitative estimate of drug-likeness (QED) is 0.516. The molecule has 1 saturated heterocycles. The van der Waals surface area contributed by atoms with Crippen molar-refractivity contribution in [2.45, 2.75) is 40.0 Å². The molecule has 0 radical (unpaired) electrons. The van der Waals surface area contributed by atoms with Gasteiger partial charge in [-0.25, -0.2) is 0 Å². The van der Waals surface area contributed by atoms with E-state index in [4.69, 9.17) is 5.41 Å². The first kappa shape index (κ1) is 10.6. The summed E-state index contributed by atoms with van der Waals surface area (Å²) in [6.07, 6.45) is 3.44. The topological polar surface area (TPSA) is 27.1 Å². The zero-order valence-electron chi connectivity index (χ0n) is 9.14. The SMILES string of the molecule is CCC(=N)N1CCC(C(C)C)CC1. The van der Waals surface area contributed by atoms with Gasteiger partial charge in [0.25, 0.3) is 0 Å². The first-order valence-corrected chi connectivity index (χ1v) is 5.47. The maximum atomic E-state index is 7.73. The lowest BCUT2D eigenvalue weighted by Crippen LogP contribution is -2.38. The van der Waals surface area contributed by atoms with Crippen LogP contribution >= 0.6 is 0 Å². The van der Waals surface area contributed by atoms with Crippen molar-refractivity contribution in [1.29, 1.82) is 5.41 Å². The van der Waals surface area contributed by atoms with E-state index in [9.17, 15) is 0 Å². The molecule has 1 aliphatic rings. The Morgan fingerprint density at radius 1 is 1.38 bits per heavy atom.